The lowest BCUT2D eigenvalue weighted by molar-refractivity contribution is -0.140. The van der Waals surface area contributed by atoms with Crippen LogP contribution in [0.25, 0.3) is 6.08 Å². The molecular weight excluding hydrogens is 272 g/mol. The lowest BCUT2D eigenvalue weighted by Gasteiger charge is -1.98. The predicted molar refractivity (Wildman–Crippen MR) is 73.8 cm³/mol. The van der Waals surface area contributed by atoms with Crippen LogP contribution in [-0.4, -0.2) is 29.9 Å². The molecule has 1 rings (SSSR count). The second-order valence-electron chi connectivity index (χ2n) is 3.35. The van der Waals surface area contributed by atoms with Crippen molar-refractivity contribution in [3.63, 3.8) is 0 Å². The number of hydrogen-bond acceptors (Lipinski definition) is 5. The van der Waals surface area contributed by atoms with E-state index in [-0.39, 0.29) is 5.97 Å². The molecule has 1 N–H and O–H groups in total. The second-order valence-corrected chi connectivity index (χ2v) is 5.66. The third kappa shape index (κ3) is 5.88. The highest BCUT2D eigenvalue weighted by Gasteiger charge is 2.02. The quantitative estimate of drug-likeness (QED) is 0.474. The Labute approximate surface area is 114 Å². The molecule has 0 aliphatic rings. The monoisotopic (exact) mass is 286 g/mol. The number of ether oxygens (including phenoxy) is 1. The molecule has 0 aliphatic carbocycles. The average Bonchev–Trinajstić information content (AvgIpc) is 2.79. The standard InChI is InChI=1S/C12H14O4S2/c1-16-12(15)6-7-17-8-10-3-2-9(18-10)4-5-11(13)14/h2-5H,6-8H2,1H3,(H,13,14). The number of thiophene rings is 1. The van der Waals surface area contributed by atoms with Gasteiger partial charge in [-0.05, 0) is 18.2 Å². The maximum atomic E-state index is 10.9. The van der Waals surface area contributed by atoms with Crippen LogP contribution in [-0.2, 0) is 20.1 Å². The van der Waals surface area contributed by atoms with E-state index in [4.69, 9.17) is 5.11 Å². The van der Waals surface area contributed by atoms with Crippen molar-refractivity contribution in [1.82, 2.24) is 0 Å². The van der Waals surface area contributed by atoms with Crippen LogP contribution in [0.1, 0.15) is 16.2 Å². The minimum absolute atomic E-state index is 0.196. The van der Waals surface area contributed by atoms with Gasteiger partial charge in [-0.15, -0.1) is 11.3 Å². The molecule has 0 aliphatic heterocycles. The molecule has 0 amide bonds. The van der Waals surface area contributed by atoms with Gasteiger partial charge in [0.1, 0.15) is 0 Å². The average molecular weight is 286 g/mol. The Morgan fingerprint density at radius 1 is 1.50 bits per heavy atom. The Hall–Kier alpha value is -1.27. The number of carboxylic acid groups (broad SMARTS) is 1. The summed E-state index contributed by atoms with van der Waals surface area (Å²) >= 11 is 3.21. The van der Waals surface area contributed by atoms with Crippen molar-refractivity contribution in [1.29, 1.82) is 0 Å². The van der Waals surface area contributed by atoms with Crippen molar-refractivity contribution in [2.45, 2.75) is 12.2 Å². The van der Waals surface area contributed by atoms with Gasteiger partial charge in [0.2, 0.25) is 0 Å². The predicted octanol–water partition coefficient (Wildman–Crippen LogP) is 2.64. The van der Waals surface area contributed by atoms with Crippen molar-refractivity contribution in [3.05, 3.63) is 28.0 Å². The van der Waals surface area contributed by atoms with E-state index >= 15 is 0 Å². The highest BCUT2D eigenvalue weighted by atomic mass is 32.2. The van der Waals surface area contributed by atoms with Gasteiger partial charge >= 0.3 is 11.9 Å². The first-order valence-corrected chi connectivity index (χ1v) is 7.23. The number of methoxy groups -OCH3 is 1. The van der Waals surface area contributed by atoms with Gasteiger partial charge in [-0.3, -0.25) is 4.79 Å². The summed E-state index contributed by atoms with van der Waals surface area (Å²) in [5.74, 6) is 0.407. The lowest BCUT2D eigenvalue weighted by Crippen LogP contribution is -2.00. The molecular formula is C12H14O4S2. The number of esters is 1. The van der Waals surface area contributed by atoms with Gasteiger partial charge in [0.25, 0.3) is 0 Å². The molecule has 0 unspecified atom stereocenters. The van der Waals surface area contributed by atoms with Crippen LogP contribution in [0.4, 0.5) is 0 Å². The van der Waals surface area contributed by atoms with E-state index in [1.165, 1.54) is 7.11 Å². The zero-order chi connectivity index (χ0) is 13.4. The van der Waals surface area contributed by atoms with Crippen LogP contribution in [0.15, 0.2) is 18.2 Å². The largest absolute Gasteiger partial charge is 0.478 e. The number of carbonyl (C=O) groups excluding carboxylic acids is 1. The number of aliphatic carboxylic acids is 1. The third-order valence-electron chi connectivity index (χ3n) is 2.00. The van der Waals surface area contributed by atoms with Gasteiger partial charge in [0, 0.05) is 27.3 Å². The fourth-order valence-electron chi connectivity index (χ4n) is 1.15. The topological polar surface area (TPSA) is 63.6 Å². The van der Waals surface area contributed by atoms with E-state index in [1.807, 2.05) is 12.1 Å². The van der Waals surface area contributed by atoms with Gasteiger partial charge in [-0.2, -0.15) is 11.8 Å². The van der Waals surface area contributed by atoms with Crippen molar-refractivity contribution < 1.29 is 19.4 Å². The number of carboxylic acids is 1. The molecule has 0 spiro atoms. The molecule has 6 heteroatoms. The number of rotatable bonds is 7. The van der Waals surface area contributed by atoms with E-state index in [0.29, 0.717) is 6.42 Å². The summed E-state index contributed by atoms with van der Waals surface area (Å²) in [7, 11) is 1.38. The smallest absolute Gasteiger partial charge is 0.328 e. The van der Waals surface area contributed by atoms with Crippen LogP contribution in [0.3, 0.4) is 0 Å². The summed E-state index contributed by atoms with van der Waals surface area (Å²) in [6.07, 6.45) is 3.12. The summed E-state index contributed by atoms with van der Waals surface area (Å²) < 4.78 is 4.55. The van der Waals surface area contributed by atoms with Crippen molar-refractivity contribution in [2.75, 3.05) is 12.9 Å². The summed E-state index contributed by atoms with van der Waals surface area (Å²) in [6, 6.07) is 3.86. The molecule has 1 aromatic rings. The van der Waals surface area contributed by atoms with E-state index in [9.17, 15) is 9.59 Å². The van der Waals surface area contributed by atoms with Gasteiger partial charge < -0.3 is 9.84 Å². The van der Waals surface area contributed by atoms with E-state index in [0.717, 1.165) is 27.3 Å². The Morgan fingerprint density at radius 3 is 2.94 bits per heavy atom. The first kappa shape index (κ1) is 14.8. The summed E-state index contributed by atoms with van der Waals surface area (Å²) in [5, 5.41) is 8.50. The molecule has 0 saturated carbocycles. The maximum absolute atomic E-state index is 10.9. The van der Waals surface area contributed by atoms with Gasteiger partial charge in [0.05, 0.1) is 13.5 Å². The van der Waals surface area contributed by atoms with E-state index in [1.54, 1.807) is 29.2 Å². The highest BCUT2D eigenvalue weighted by molar-refractivity contribution is 7.98. The highest BCUT2D eigenvalue weighted by Crippen LogP contribution is 2.23. The molecule has 98 valence electrons. The summed E-state index contributed by atoms with van der Waals surface area (Å²) in [6.45, 7) is 0. The fraction of sp³-hybridized carbons (Fsp3) is 0.333. The molecule has 0 aromatic carbocycles. The number of hydrogen-bond donors (Lipinski definition) is 1. The maximum Gasteiger partial charge on any atom is 0.328 e. The molecule has 0 bridgehead atoms. The molecule has 0 atom stereocenters. The molecule has 1 aromatic heterocycles. The van der Waals surface area contributed by atoms with Crippen LogP contribution in [0, 0.1) is 0 Å². The molecule has 0 fully saturated rings. The van der Waals surface area contributed by atoms with Crippen molar-refractivity contribution in [2.24, 2.45) is 0 Å². The van der Waals surface area contributed by atoms with Crippen molar-refractivity contribution >= 4 is 41.1 Å². The minimum atomic E-state index is -0.947. The second kappa shape index (κ2) is 7.94. The molecule has 0 saturated heterocycles. The van der Waals surface area contributed by atoms with Crippen LogP contribution < -0.4 is 0 Å². The normalized spacial score (nSPS) is 10.7. The van der Waals surface area contributed by atoms with E-state index in [2.05, 4.69) is 4.74 Å². The first-order chi connectivity index (χ1) is 8.61. The molecule has 4 nitrogen and oxygen atoms in total. The van der Waals surface area contributed by atoms with Gasteiger partial charge in [-0.25, -0.2) is 4.79 Å². The Bertz CT molecular complexity index is 437. The Balaban J connectivity index is 2.31. The van der Waals surface area contributed by atoms with Gasteiger partial charge in [-0.1, -0.05) is 0 Å². The minimum Gasteiger partial charge on any atom is -0.478 e. The van der Waals surface area contributed by atoms with Crippen LogP contribution >= 0.6 is 23.1 Å². The summed E-state index contributed by atoms with van der Waals surface area (Å²) in [4.78, 5) is 23.3. The van der Waals surface area contributed by atoms with Crippen LogP contribution in [0.2, 0.25) is 0 Å². The zero-order valence-electron chi connectivity index (χ0n) is 9.92. The number of thioether (sulfide) groups is 1. The Morgan fingerprint density at radius 2 is 2.28 bits per heavy atom. The van der Waals surface area contributed by atoms with Gasteiger partial charge in [0.15, 0.2) is 0 Å². The molecule has 1 heterocycles. The fourth-order valence-corrected chi connectivity index (χ4v) is 3.09. The summed E-state index contributed by atoms with van der Waals surface area (Å²) in [5.41, 5.74) is 0. The SMILES string of the molecule is COC(=O)CCSCc1ccc(C=CC(=O)O)s1. The first-order valence-electron chi connectivity index (χ1n) is 5.26. The van der Waals surface area contributed by atoms with Crippen molar-refractivity contribution in [3.8, 4) is 0 Å². The third-order valence-corrected chi connectivity index (χ3v) is 4.24. The van der Waals surface area contributed by atoms with Crippen LogP contribution in [0.5, 0.6) is 0 Å². The number of carbonyl (C=O) groups is 2. The van der Waals surface area contributed by atoms with E-state index < -0.39 is 5.97 Å². The molecule has 0 radical (unpaired) electrons. The zero-order valence-corrected chi connectivity index (χ0v) is 11.6. The molecule has 18 heavy (non-hydrogen) atoms. The Kier molecular flexibility index (Phi) is 6.53. The lowest BCUT2D eigenvalue weighted by atomic mass is 10.4.